The quantitative estimate of drug-likeness (QED) is 0.460. The number of para-hydroxylation sites is 3. The zero-order valence-corrected chi connectivity index (χ0v) is 16.9. The van der Waals surface area contributed by atoms with E-state index in [-0.39, 0.29) is 6.10 Å². The fourth-order valence-corrected chi connectivity index (χ4v) is 4.00. The molecule has 1 unspecified atom stereocenters. The summed E-state index contributed by atoms with van der Waals surface area (Å²) in [5.41, 5.74) is 3.55. The van der Waals surface area contributed by atoms with Gasteiger partial charge in [-0.25, -0.2) is 4.98 Å². The number of rotatable bonds is 8. The minimum atomic E-state index is 0.140. The van der Waals surface area contributed by atoms with E-state index < -0.39 is 0 Å². The molecule has 3 aromatic rings. The van der Waals surface area contributed by atoms with Gasteiger partial charge in [0.2, 0.25) is 0 Å². The lowest BCUT2D eigenvalue weighted by Crippen LogP contribution is -2.10. The van der Waals surface area contributed by atoms with Crippen LogP contribution in [0.4, 0.5) is 0 Å². The summed E-state index contributed by atoms with van der Waals surface area (Å²) in [6.07, 6.45) is 4.41. The molecule has 1 aromatic heterocycles. The fraction of sp³-hybridized carbons (Fsp3) is 0.458. The van der Waals surface area contributed by atoms with E-state index in [1.165, 1.54) is 11.1 Å². The second kappa shape index (κ2) is 8.78. The van der Waals surface area contributed by atoms with Crippen LogP contribution >= 0.6 is 0 Å². The van der Waals surface area contributed by atoms with Gasteiger partial charge in [-0.05, 0) is 55.4 Å². The second-order valence-electron chi connectivity index (χ2n) is 7.86. The first-order valence-corrected chi connectivity index (χ1v) is 10.5. The number of benzene rings is 2. The number of nitrogens with zero attached hydrogens (tertiary/aromatic N) is 2. The highest BCUT2D eigenvalue weighted by Gasteiger charge is 2.24. The molecular formula is C24H30N2O2. The number of aromatic nitrogens is 2. The Morgan fingerprint density at radius 2 is 1.93 bits per heavy atom. The van der Waals surface area contributed by atoms with Crippen LogP contribution in [0.5, 0.6) is 5.75 Å². The first kappa shape index (κ1) is 19.0. The minimum absolute atomic E-state index is 0.140. The average molecular weight is 379 g/mol. The largest absolute Gasteiger partial charge is 0.493 e. The summed E-state index contributed by atoms with van der Waals surface area (Å²) >= 11 is 0. The van der Waals surface area contributed by atoms with Crippen molar-refractivity contribution >= 4 is 11.0 Å². The molecule has 148 valence electrons. The van der Waals surface area contributed by atoms with Gasteiger partial charge in [-0.15, -0.1) is 0 Å². The lowest BCUT2D eigenvalue weighted by Gasteiger charge is -2.15. The third kappa shape index (κ3) is 4.07. The normalized spacial score (nSPS) is 16.9. The monoisotopic (exact) mass is 378 g/mol. The van der Waals surface area contributed by atoms with Crippen LogP contribution in [0, 0.1) is 0 Å². The Hall–Kier alpha value is -2.33. The van der Waals surface area contributed by atoms with E-state index in [0.717, 1.165) is 62.5 Å². The highest BCUT2D eigenvalue weighted by atomic mass is 16.5. The van der Waals surface area contributed by atoms with Crippen molar-refractivity contribution in [3.8, 4) is 5.75 Å². The van der Waals surface area contributed by atoms with Gasteiger partial charge in [0, 0.05) is 13.2 Å². The van der Waals surface area contributed by atoms with E-state index >= 15 is 0 Å². The average Bonchev–Trinajstić information content (AvgIpc) is 3.36. The van der Waals surface area contributed by atoms with Gasteiger partial charge >= 0.3 is 0 Å². The van der Waals surface area contributed by atoms with Crippen molar-refractivity contribution in [2.24, 2.45) is 0 Å². The molecule has 4 nitrogen and oxygen atoms in total. The number of imidazole rings is 1. The lowest BCUT2D eigenvalue weighted by atomic mass is 10.0. The number of ether oxygens (including phenoxy) is 2. The van der Waals surface area contributed by atoms with Crippen LogP contribution in [0.3, 0.4) is 0 Å². The van der Waals surface area contributed by atoms with Crippen molar-refractivity contribution in [2.75, 3.05) is 13.2 Å². The molecule has 0 N–H and O–H groups in total. The summed E-state index contributed by atoms with van der Waals surface area (Å²) < 4.78 is 14.4. The van der Waals surface area contributed by atoms with Crippen molar-refractivity contribution in [3.63, 3.8) is 0 Å². The summed E-state index contributed by atoms with van der Waals surface area (Å²) in [5.74, 6) is 2.58. The minimum Gasteiger partial charge on any atom is -0.493 e. The van der Waals surface area contributed by atoms with E-state index in [9.17, 15) is 0 Å². The number of hydrogen-bond donors (Lipinski definition) is 0. The van der Waals surface area contributed by atoms with Crippen LogP contribution in [0.2, 0.25) is 0 Å². The van der Waals surface area contributed by atoms with Gasteiger partial charge in [0.25, 0.3) is 0 Å². The molecule has 0 saturated carbocycles. The Bertz CT molecular complexity index is 910. The first-order valence-electron chi connectivity index (χ1n) is 10.5. The van der Waals surface area contributed by atoms with Gasteiger partial charge in [-0.2, -0.15) is 0 Å². The van der Waals surface area contributed by atoms with Crippen LogP contribution in [-0.4, -0.2) is 22.8 Å². The summed E-state index contributed by atoms with van der Waals surface area (Å²) in [5, 5.41) is 0. The van der Waals surface area contributed by atoms with Gasteiger partial charge in [0.05, 0.1) is 17.6 Å². The van der Waals surface area contributed by atoms with Gasteiger partial charge in [0.15, 0.2) is 0 Å². The van der Waals surface area contributed by atoms with Crippen molar-refractivity contribution in [1.29, 1.82) is 0 Å². The Kier molecular flexibility index (Phi) is 5.96. The van der Waals surface area contributed by atoms with Crippen LogP contribution in [0.1, 0.15) is 62.9 Å². The number of aryl methyl sites for hydroxylation is 1. The van der Waals surface area contributed by atoms with Crippen molar-refractivity contribution in [2.45, 2.75) is 58.1 Å². The molecule has 0 bridgehead atoms. The van der Waals surface area contributed by atoms with E-state index in [4.69, 9.17) is 14.5 Å². The molecule has 1 fully saturated rings. The van der Waals surface area contributed by atoms with Gasteiger partial charge < -0.3 is 14.0 Å². The van der Waals surface area contributed by atoms with Gasteiger partial charge in [0.1, 0.15) is 17.7 Å². The van der Waals surface area contributed by atoms with E-state index in [1.54, 1.807) is 0 Å². The molecule has 4 heteroatoms. The summed E-state index contributed by atoms with van der Waals surface area (Å²) in [4.78, 5) is 4.88. The van der Waals surface area contributed by atoms with E-state index in [0.29, 0.717) is 5.92 Å². The molecule has 1 atom stereocenters. The summed E-state index contributed by atoms with van der Waals surface area (Å²) in [6, 6.07) is 16.8. The topological polar surface area (TPSA) is 36.3 Å². The maximum atomic E-state index is 6.09. The van der Waals surface area contributed by atoms with Crippen molar-refractivity contribution < 1.29 is 9.47 Å². The molecule has 2 aromatic carbocycles. The van der Waals surface area contributed by atoms with E-state index in [2.05, 4.69) is 60.9 Å². The summed E-state index contributed by atoms with van der Waals surface area (Å²) in [7, 11) is 0. The second-order valence-corrected chi connectivity index (χ2v) is 7.86. The molecule has 0 radical (unpaired) electrons. The Morgan fingerprint density at radius 1 is 1.11 bits per heavy atom. The van der Waals surface area contributed by atoms with Gasteiger partial charge in [-0.1, -0.05) is 44.2 Å². The zero-order chi connectivity index (χ0) is 19.3. The lowest BCUT2D eigenvalue weighted by molar-refractivity contribution is 0.102. The third-order valence-electron chi connectivity index (χ3n) is 5.48. The van der Waals surface area contributed by atoms with E-state index in [1.807, 2.05) is 6.07 Å². The molecule has 28 heavy (non-hydrogen) atoms. The Labute approximate surface area is 167 Å². The van der Waals surface area contributed by atoms with Gasteiger partial charge in [-0.3, -0.25) is 0 Å². The smallest absolute Gasteiger partial charge is 0.139 e. The Morgan fingerprint density at radius 3 is 2.75 bits per heavy atom. The molecule has 0 aliphatic carbocycles. The number of hydrogen-bond acceptors (Lipinski definition) is 3. The van der Waals surface area contributed by atoms with Crippen LogP contribution in [0.15, 0.2) is 48.5 Å². The number of unbranched alkanes of at least 4 members (excludes halogenated alkanes) is 1. The maximum absolute atomic E-state index is 6.09. The molecule has 0 amide bonds. The number of fused-ring (bicyclic) bond motifs is 1. The third-order valence-corrected chi connectivity index (χ3v) is 5.48. The predicted octanol–water partition coefficient (Wildman–Crippen LogP) is 5.87. The van der Waals surface area contributed by atoms with Crippen LogP contribution in [-0.2, 0) is 11.3 Å². The zero-order valence-electron chi connectivity index (χ0n) is 16.9. The highest BCUT2D eigenvalue weighted by molar-refractivity contribution is 5.76. The molecule has 0 spiro atoms. The molecular weight excluding hydrogens is 348 g/mol. The molecule has 1 aliphatic heterocycles. The van der Waals surface area contributed by atoms with Crippen LogP contribution in [0.25, 0.3) is 11.0 Å². The maximum Gasteiger partial charge on any atom is 0.139 e. The SMILES string of the molecule is CC(C)c1ccccc1OCCCCn1c(C2CCCO2)nc2ccccc21. The summed E-state index contributed by atoms with van der Waals surface area (Å²) in [6.45, 7) is 6.95. The molecule has 1 saturated heterocycles. The predicted molar refractivity (Wildman–Crippen MR) is 113 cm³/mol. The standard InChI is InChI=1S/C24H30N2O2/c1-18(2)19-10-3-6-13-22(19)27-16-8-7-15-26-21-12-5-4-11-20(21)25-24(26)23-14-9-17-28-23/h3-6,10-13,18,23H,7-9,14-17H2,1-2H3. The molecule has 4 rings (SSSR count). The van der Waals surface area contributed by atoms with Crippen molar-refractivity contribution in [1.82, 2.24) is 9.55 Å². The molecule has 2 heterocycles. The highest BCUT2D eigenvalue weighted by Crippen LogP contribution is 2.31. The fourth-order valence-electron chi connectivity index (χ4n) is 4.00. The van der Waals surface area contributed by atoms with Crippen molar-refractivity contribution in [3.05, 3.63) is 59.9 Å². The first-order chi connectivity index (χ1) is 13.7. The molecule has 1 aliphatic rings. The Balaban J connectivity index is 1.39. The van der Waals surface area contributed by atoms with Crippen LogP contribution < -0.4 is 4.74 Å².